The molecule has 8 heterocycles. The Morgan fingerprint density at radius 3 is 1.44 bits per heavy atom. The smallest absolute Gasteiger partial charge is 0.355 e. The number of halogens is 5. The fourth-order valence-corrected chi connectivity index (χ4v) is 15.8. The van der Waals surface area contributed by atoms with Gasteiger partial charge in [-0.2, -0.15) is 10.2 Å². The van der Waals surface area contributed by atoms with Gasteiger partial charge in [0.15, 0.2) is 11.5 Å². The third-order valence-electron chi connectivity index (χ3n) is 18.3. The number of nitrogens with zero attached hydrogens (tertiary/aromatic N) is 9. The summed E-state index contributed by atoms with van der Waals surface area (Å²) in [6.07, 6.45) is 5.95. The molecule has 6 aliphatic rings. The quantitative estimate of drug-likeness (QED) is 0.0433. The zero-order valence-corrected chi connectivity index (χ0v) is 56.7. The molecule has 0 atom stereocenters. The lowest BCUT2D eigenvalue weighted by molar-refractivity contribution is -0.0569. The lowest BCUT2D eigenvalue weighted by Gasteiger charge is -2.62. The predicted molar refractivity (Wildman–Crippen MR) is 371 cm³/mol. The zero-order chi connectivity index (χ0) is 66.2. The van der Waals surface area contributed by atoms with Crippen molar-refractivity contribution < 1.29 is 49.1 Å². The first-order valence-electron chi connectivity index (χ1n) is 30.7. The van der Waals surface area contributed by atoms with E-state index < -0.39 is 53.3 Å². The van der Waals surface area contributed by atoms with Gasteiger partial charge in [0.2, 0.25) is 30.3 Å². The Morgan fingerprint density at radius 2 is 1.06 bits per heavy atom. The highest BCUT2D eigenvalue weighted by Gasteiger charge is 2.53. The number of anilines is 1. The molecule has 4 aromatic heterocycles. The number of thiazole rings is 2. The van der Waals surface area contributed by atoms with Crippen molar-refractivity contribution in [3.8, 4) is 32.8 Å². The number of carbonyl (C=O) groups excluding carboxylic acids is 1. The van der Waals surface area contributed by atoms with Crippen molar-refractivity contribution in [1.29, 1.82) is 0 Å². The molecule has 2 aliphatic carbocycles. The number of aromatic nitrogens is 6. The molecule has 2 spiro atoms. The summed E-state index contributed by atoms with van der Waals surface area (Å²) in [6.45, 7) is 19.0. The van der Waals surface area contributed by atoms with Gasteiger partial charge in [0.05, 0.1) is 32.9 Å². The van der Waals surface area contributed by atoms with Gasteiger partial charge in [0.25, 0.3) is 0 Å². The van der Waals surface area contributed by atoms with Crippen LogP contribution in [0.15, 0.2) is 97.8 Å². The number of nitrogens with one attached hydrogen (secondary N) is 1. The number of aromatic carboxylic acids is 1. The molecule has 8 aromatic rings. The van der Waals surface area contributed by atoms with E-state index in [1.165, 1.54) is 74.1 Å². The van der Waals surface area contributed by atoms with Crippen LogP contribution in [-0.4, -0.2) is 137 Å². The van der Waals surface area contributed by atoms with E-state index in [2.05, 4.69) is 73.6 Å². The topological polar surface area (TPSA) is 258 Å². The third kappa shape index (κ3) is 15.8. The number of sulfonamides is 2. The van der Waals surface area contributed by atoms with Crippen molar-refractivity contribution in [2.75, 3.05) is 57.3 Å². The molecule has 4 aromatic carbocycles. The van der Waals surface area contributed by atoms with E-state index in [0.29, 0.717) is 91.4 Å². The van der Waals surface area contributed by atoms with Crippen LogP contribution in [0.5, 0.6) is 0 Å². The molecular formula is C68H83BrF4N12O7S4. The largest absolute Gasteiger partial charge is 0.476 e. The van der Waals surface area contributed by atoms with Crippen LogP contribution in [0.2, 0.25) is 0 Å². The van der Waals surface area contributed by atoms with Gasteiger partial charge in [0, 0.05) is 128 Å². The molecule has 28 heteroatoms. The van der Waals surface area contributed by atoms with Crippen molar-refractivity contribution in [2.45, 2.75) is 130 Å². The monoisotopic (exact) mass is 1460 g/mol. The highest BCUT2D eigenvalue weighted by atomic mass is 79.9. The average Bonchev–Trinajstić information content (AvgIpc) is 0.874. The molecule has 4 aliphatic heterocycles. The molecule has 19 nitrogen and oxygen atoms in total. The van der Waals surface area contributed by atoms with Crippen molar-refractivity contribution in [3.63, 3.8) is 0 Å². The number of hydrogen-bond acceptors (Lipinski definition) is 16. The molecule has 0 bridgehead atoms. The molecule has 2 saturated carbocycles. The van der Waals surface area contributed by atoms with Crippen LogP contribution < -0.4 is 20.5 Å². The van der Waals surface area contributed by atoms with Gasteiger partial charge in [-0.25, -0.2) is 68.8 Å². The average molecular weight is 1460 g/mol. The van der Waals surface area contributed by atoms with Crippen LogP contribution in [0.1, 0.15) is 137 Å². The summed E-state index contributed by atoms with van der Waals surface area (Å²) in [6, 6.07) is 18.4. The van der Waals surface area contributed by atoms with Crippen molar-refractivity contribution in [2.24, 2.45) is 32.9 Å². The summed E-state index contributed by atoms with van der Waals surface area (Å²) in [7, 11) is -8.45. The molecule has 6 fully saturated rings. The number of Topliss-reactive ketones (excluding diaryl/α,β-unsaturated/α-hetero) is 1. The van der Waals surface area contributed by atoms with Gasteiger partial charge >= 0.3 is 5.97 Å². The highest BCUT2D eigenvalue weighted by Crippen LogP contribution is 2.46. The van der Waals surface area contributed by atoms with Gasteiger partial charge in [-0.1, -0.05) is 34.4 Å². The molecule has 0 amide bonds. The van der Waals surface area contributed by atoms with Crippen molar-refractivity contribution in [1.82, 2.24) is 44.6 Å². The van der Waals surface area contributed by atoms with Crippen LogP contribution in [-0.2, 0) is 45.7 Å². The Bertz CT molecular complexity index is 4450. The summed E-state index contributed by atoms with van der Waals surface area (Å²) < 4.78 is 110. The number of carboxylic acid groups (broad SMARTS) is 1. The van der Waals surface area contributed by atoms with Gasteiger partial charge < -0.3 is 15.3 Å². The number of primary sulfonamides is 2. The first-order valence-corrected chi connectivity index (χ1v) is 36.4. The van der Waals surface area contributed by atoms with Gasteiger partial charge in [0.1, 0.15) is 38.8 Å². The summed E-state index contributed by atoms with van der Waals surface area (Å²) in [5.74, 6) is -3.10. The van der Waals surface area contributed by atoms with E-state index in [1.54, 1.807) is 39.0 Å². The molecule has 516 valence electrons. The zero-order valence-electron chi connectivity index (χ0n) is 51.8. The number of nitrogens with two attached hydrogens (primary N) is 2. The number of rotatable bonds is 19. The fraction of sp³-hybridized carbons (Fsp3) is 0.441. The van der Waals surface area contributed by atoms with Crippen LogP contribution in [0, 0.1) is 45.9 Å². The molecule has 6 N–H and O–H groups in total. The van der Waals surface area contributed by atoms with Crippen molar-refractivity contribution >= 4 is 76.1 Å². The van der Waals surface area contributed by atoms with E-state index in [-0.39, 0.29) is 62.3 Å². The standard InChI is InChI=1S/C32H34F2N6O4S2.C25H21BrF2N4O3S2.C8H16N2.3CH4/c1-18(2)38-14-32(15-38)16-39(17-32)27-12-21(6-7-23(27)33)29-22(9-20-5-8-28(24(34)10-20)46(35,43)44)26(11-19-3-4-19)40(37-29)31-36-25(13-45-31)30(41)42;1-13(33)21-12-36-25(30-21)32-22(10-14-2-3-14)17(24(31-32)16-5-6-19(27)18(26)11-16)8-15-4-7-23(20(28)9-15)37(29,34)35;1-7(2)10-5-8(6-10)3-9-4-8;;;/h5-8,10,12-13,18-19H,3-4,9,11,14-17H2,1-2H3,(H,41,42)(H2,35,43,44);4-7,9,11-12,14H,2-3,8,10H2,1H3,(H2,29,34,35);7,9H,3-6H2,1-2H3;3*1H4. The Kier molecular flexibility index (Phi) is 22.0. The van der Waals surface area contributed by atoms with E-state index in [4.69, 9.17) is 20.5 Å². The van der Waals surface area contributed by atoms with Crippen LogP contribution in [0.25, 0.3) is 32.8 Å². The second-order valence-corrected chi connectivity index (χ2v) is 31.9. The Labute approximate surface area is 575 Å². The molecule has 96 heavy (non-hydrogen) atoms. The minimum Gasteiger partial charge on any atom is -0.476 e. The second-order valence-electron chi connectivity index (χ2n) is 26.3. The minimum absolute atomic E-state index is 0. The maximum Gasteiger partial charge on any atom is 0.355 e. The summed E-state index contributed by atoms with van der Waals surface area (Å²) in [5.41, 5.74) is 8.25. The Balaban J connectivity index is 0.000000194. The summed E-state index contributed by atoms with van der Waals surface area (Å²) in [5, 5.41) is 37.0. The lowest BCUT2D eigenvalue weighted by Crippen LogP contribution is -2.73. The number of hydrogen-bond donors (Lipinski definition) is 4. The number of benzene rings is 4. The number of carbonyl (C=O) groups is 2. The molecule has 4 saturated heterocycles. The maximum atomic E-state index is 15.3. The fourth-order valence-electron chi connectivity index (χ4n) is 12.6. The van der Waals surface area contributed by atoms with Gasteiger partial charge in [-0.05, 0) is 166 Å². The van der Waals surface area contributed by atoms with E-state index in [9.17, 15) is 44.7 Å². The molecule has 0 unspecified atom stereocenters. The number of carboxylic acids is 1. The van der Waals surface area contributed by atoms with Crippen molar-refractivity contribution in [3.05, 3.63) is 156 Å². The normalized spacial score (nSPS) is 17.0. The summed E-state index contributed by atoms with van der Waals surface area (Å²) in [4.78, 5) is 38.2. The SMILES string of the molecule is C.C.C.CC(=O)c1csc(-n2nc(-c3ccc(F)c(Br)c3)c(Cc3ccc(S(N)(=O)=O)c(F)c3)c2CC2CC2)n1.CC(C)N1CC2(CN(c3cc(-c4nn(-c5nc(C(=O)O)cs5)c(CC5CC5)c4Cc4ccc(S(N)(=O)=O)c(F)c4)ccc3F)C2)C1.CC(C)N1CC2(CNC2)C1. The molecule has 14 rings (SSSR count). The first-order chi connectivity index (χ1) is 44.0. The van der Waals surface area contributed by atoms with Gasteiger partial charge in [-0.3, -0.25) is 14.6 Å². The van der Waals surface area contributed by atoms with Crippen LogP contribution >= 0.6 is 38.6 Å². The highest BCUT2D eigenvalue weighted by molar-refractivity contribution is 9.10. The molecule has 0 radical (unpaired) electrons. The predicted octanol–water partition coefficient (Wildman–Crippen LogP) is 12.3. The Hall–Kier alpha value is -6.60. The number of likely N-dealkylation sites (tertiary alicyclic amines) is 2. The lowest BCUT2D eigenvalue weighted by atomic mass is 9.72. The number of ketones is 1. The van der Waals surface area contributed by atoms with E-state index in [0.717, 1.165) is 116 Å². The second kappa shape index (κ2) is 28.7. The third-order valence-corrected chi connectivity index (χ3v) is 22.4. The minimum atomic E-state index is -4.24. The Morgan fingerprint density at radius 1 is 0.625 bits per heavy atom. The summed E-state index contributed by atoms with van der Waals surface area (Å²) >= 11 is 5.68. The van der Waals surface area contributed by atoms with Crippen LogP contribution in [0.4, 0.5) is 23.2 Å². The van der Waals surface area contributed by atoms with E-state index in [1.807, 2.05) is 0 Å². The van der Waals surface area contributed by atoms with Gasteiger partial charge in [-0.15, -0.1) is 22.7 Å². The maximum absolute atomic E-state index is 15.3. The van der Waals surface area contributed by atoms with E-state index >= 15 is 4.39 Å². The molecular weight excluding hydrogens is 1380 g/mol. The van der Waals surface area contributed by atoms with Crippen LogP contribution in [0.3, 0.4) is 0 Å². The first kappa shape index (κ1) is 73.6.